The summed E-state index contributed by atoms with van der Waals surface area (Å²) in [6.45, 7) is 7.78. The van der Waals surface area contributed by atoms with Crippen LogP contribution in [-0.4, -0.2) is 47.5 Å². The first-order valence-electron chi connectivity index (χ1n) is 7.43. The number of hydrogen-bond donors (Lipinski definition) is 0. The van der Waals surface area contributed by atoms with Gasteiger partial charge < -0.3 is 14.3 Å². The number of piperidine rings is 1. The molecule has 1 fully saturated rings. The molecule has 0 unspecified atom stereocenters. The summed E-state index contributed by atoms with van der Waals surface area (Å²) in [5.74, 6) is 1.66. The smallest absolute Gasteiger partial charge is 0.224 e. The van der Waals surface area contributed by atoms with Crippen LogP contribution in [0, 0.1) is 12.8 Å². The maximum Gasteiger partial charge on any atom is 0.224 e. The van der Waals surface area contributed by atoms with Gasteiger partial charge in [-0.25, -0.2) is 0 Å². The number of likely N-dealkylation sites (tertiary alicyclic amines) is 1. The van der Waals surface area contributed by atoms with E-state index in [1.165, 1.54) is 12.8 Å². The van der Waals surface area contributed by atoms with Crippen LogP contribution in [0.5, 0.6) is 0 Å². The molecule has 1 aliphatic rings. The molecule has 2 rings (SSSR count). The zero-order valence-corrected chi connectivity index (χ0v) is 12.8. The molecule has 0 spiro atoms. The zero-order valence-electron chi connectivity index (χ0n) is 12.8. The second-order valence-electron chi connectivity index (χ2n) is 5.98. The second-order valence-corrected chi connectivity index (χ2v) is 5.98. The van der Waals surface area contributed by atoms with Gasteiger partial charge >= 0.3 is 0 Å². The van der Waals surface area contributed by atoms with E-state index in [-0.39, 0.29) is 5.91 Å². The summed E-state index contributed by atoms with van der Waals surface area (Å²) >= 11 is 0. The number of carbonyl (C=O) groups excluding carboxylic acids is 1. The summed E-state index contributed by atoms with van der Waals surface area (Å²) < 4.78 is 5.14. The Bertz CT molecular complexity index is 444. The highest BCUT2D eigenvalue weighted by Crippen LogP contribution is 2.15. The van der Waals surface area contributed by atoms with Gasteiger partial charge in [0, 0.05) is 32.6 Å². The fourth-order valence-corrected chi connectivity index (χ4v) is 2.75. The molecule has 0 aromatic carbocycles. The Balaban J connectivity index is 1.73. The van der Waals surface area contributed by atoms with Gasteiger partial charge in [0.15, 0.2) is 5.76 Å². The topological polar surface area (TPSA) is 49.6 Å². The lowest BCUT2D eigenvalue weighted by Crippen LogP contribution is -2.37. The van der Waals surface area contributed by atoms with Crippen LogP contribution in [0.2, 0.25) is 0 Å². The van der Waals surface area contributed by atoms with Gasteiger partial charge in [0.05, 0.1) is 12.2 Å². The van der Waals surface area contributed by atoms with Crippen molar-refractivity contribution in [1.82, 2.24) is 15.0 Å². The van der Waals surface area contributed by atoms with E-state index >= 15 is 0 Å². The van der Waals surface area contributed by atoms with Gasteiger partial charge in [0.2, 0.25) is 5.91 Å². The monoisotopic (exact) mass is 279 g/mol. The molecule has 1 aromatic heterocycles. The number of rotatable bonds is 5. The van der Waals surface area contributed by atoms with Gasteiger partial charge in [-0.1, -0.05) is 12.1 Å². The number of amides is 1. The van der Waals surface area contributed by atoms with Crippen LogP contribution in [0.3, 0.4) is 0 Å². The summed E-state index contributed by atoms with van der Waals surface area (Å²) in [4.78, 5) is 16.2. The van der Waals surface area contributed by atoms with Crippen molar-refractivity contribution < 1.29 is 9.32 Å². The number of nitrogens with zero attached hydrogens (tertiary/aromatic N) is 3. The number of carbonyl (C=O) groups is 1. The molecular formula is C15H25N3O2. The maximum absolute atomic E-state index is 12.1. The Labute approximate surface area is 120 Å². The first-order chi connectivity index (χ1) is 9.54. The SMILES string of the molecule is Cc1cc(CN(C)C(=O)CCN2CCC[C@H](C)C2)on1. The van der Waals surface area contributed by atoms with Crippen LogP contribution in [0.15, 0.2) is 10.6 Å². The zero-order chi connectivity index (χ0) is 14.5. The van der Waals surface area contributed by atoms with Crippen LogP contribution in [0.25, 0.3) is 0 Å². The highest BCUT2D eigenvalue weighted by Gasteiger charge is 2.18. The quantitative estimate of drug-likeness (QED) is 0.828. The van der Waals surface area contributed by atoms with E-state index in [0.29, 0.717) is 13.0 Å². The van der Waals surface area contributed by atoms with E-state index in [9.17, 15) is 4.79 Å². The number of aromatic nitrogens is 1. The fraction of sp³-hybridized carbons (Fsp3) is 0.733. The van der Waals surface area contributed by atoms with Gasteiger partial charge in [-0.15, -0.1) is 0 Å². The summed E-state index contributed by atoms with van der Waals surface area (Å²) in [6.07, 6.45) is 3.15. The van der Waals surface area contributed by atoms with Crippen molar-refractivity contribution in [2.75, 3.05) is 26.7 Å². The Morgan fingerprint density at radius 3 is 3.05 bits per heavy atom. The van der Waals surface area contributed by atoms with E-state index in [2.05, 4.69) is 17.0 Å². The molecule has 5 heteroatoms. The van der Waals surface area contributed by atoms with Crippen molar-refractivity contribution in [2.45, 2.75) is 39.7 Å². The number of hydrogen-bond acceptors (Lipinski definition) is 4. The van der Waals surface area contributed by atoms with Gasteiger partial charge in [-0.2, -0.15) is 0 Å². The largest absolute Gasteiger partial charge is 0.359 e. The molecule has 2 heterocycles. The van der Waals surface area contributed by atoms with Crippen molar-refractivity contribution in [3.8, 4) is 0 Å². The van der Waals surface area contributed by atoms with Crippen LogP contribution < -0.4 is 0 Å². The first-order valence-corrected chi connectivity index (χ1v) is 7.43. The van der Waals surface area contributed by atoms with Crippen LogP contribution in [0.4, 0.5) is 0 Å². The maximum atomic E-state index is 12.1. The highest BCUT2D eigenvalue weighted by molar-refractivity contribution is 5.75. The molecule has 0 N–H and O–H groups in total. The van der Waals surface area contributed by atoms with E-state index < -0.39 is 0 Å². The van der Waals surface area contributed by atoms with Gasteiger partial charge in [0.25, 0.3) is 0 Å². The Kier molecular flexibility index (Phi) is 5.17. The van der Waals surface area contributed by atoms with Crippen molar-refractivity contribution in [3.63, 3.8) is 0 Å². The molecule has 1 aliphatic heterocycles. The summed E-state index contributed by atoms with van der Waals surface area (Å²) in [5, 5.41) is 3.84. The third-order valence-electron chi connectivity index (χ3n) is 3.88. The van der Waals surface area contributed by atoms with Crippen LogP contribution >= 0.6 is 0 Å². The normalized spacial score (nSPS) is 20.1. The minimum atomic E-state index is 0.164. The molecule has 1 aromatic rings. The molecule has 1 saturated heterocycles. The predicted molar refractivity (Wildman–Crippen MR) is 77.2 cm³/mol. The molecular weight excluding hydrogens is 254 g/mol. The van der Waals surface area contributed by atoms with Crippen molar-refractivity contribution in [2.24, 2.45) is 5.92 Å². The van der Waals surface area contributed by atoms with E-state index in [0.717, 1.165) is 37.0 Å². The standard InChI is InChI=1S/C15H25N3O2/c1-12-5-4-7-18(10-12)8-6-15(19)17(3)11-14-9-13(2)16-20-14/h9,12H,4-8,10-11H2,1-3H3/t12-/m0/s1. The van der Waals surface area contributed by atoms with Crippen molar-refractivity contribution in [1.29, 1.82) is 0 Å². The second kappa shape index (κ2) is 6.88. The third kappa shape index (κ3) is 4.34. The lowest BCUT2D eigenvalue weighted by molar-refractivity contribution is -0.131. The average Bonchev–Trinajstić information content (AvgIpc) is 2.81. The van der Waals surface area contributed by atoms with Crippen LogP contribution in [-0.2, 0) is 11.3 Å². The highest BCUT2D eigenvalue weighted by atomic mass is 16.5. The molecule has 0 aliphatic carbocycles. The molecule has 1 amide bonds. The molecule has 0 saturated carbocycles. The lowest BCUT2D eigenvalue weighted by atomic mass is 10.0. The van der Waals surface area contributed by atoms with Crippen molar-refractivity contribution in [3.05, 3.63) is 17.5 Å². The minimum absolute atomic E-state index is 0.164. The first kappa shape index (κ1) is 15.0. The molecule has 5 nitrogen and oxygen atoms in total. The van der Waals surface area contributed by atoms with E-state index in [1.807, 2.05) is 20.0 Å². The van der Waals surface area contributed by atoms with Crippen LogP contribution in [0.1, 0.15) is 37.6 Å². The fourth-order valence-electron chi connectivity index (χ4n) is 2.75. The Morgan fingerprint density at radius 1 is 1.60 bits per heavy atom. The van der Waals surface area contributed by atoms with Gasteiger partial charge in [-0.3, -0.25) is 4.79 Å². The Morgan fingerprint density at radius 2 is 2.40 bits per heavy atom. The van der Waals surface area contributed by atoms with E-state index in [4.69, 9.17) is 4.52 Å². The van der Waals surface area contributed by atoms with E-state index in [1.54, 1.807) is 4.90 Å². The van der Waals surface area contributed by atoms with Gasteiger partial charge in [0.1, 0.15) is 0 Å². The van der Waals surface area contributed by atoms with Gasteiger partial charge in [-0.05, 0) is 32.2 Å². The molecule has 20 heavy (non-hydrogen) atoms. The summed E-state index contributed by atoms with van der Waals surface area (Å²) in [7, 11) is 1.82. The third-order valence-corrected chi connectivity index (χ3v) is 3.88. The molecule has 0 radical (unpaired) electrons. The van der Waals surface area contributed by atoms with Crippen molar-refractivity contribution >= 4 is 5.91 Å². The lowest BCUT2D eigenvalue weighted by Gasteiger charge is -2.31. The summed E-state index contributed by atoms with van der Waals surface area (Å²) in [5.41, 5.74) is 0.850. The predicted octanol–water partition coefficient (Wildman–Crippen LogP) is 2.06. The molecule has 1 atom stereocenters. The molecule has 0 bridgehead atoms. The minimum Gasteiger partial charge on any atom is -0.359 e. The average molecular weight is 279 g/mol. The Hall–Kier alpha value is -1.36. The summed E-state index contributed by atoms with van der Waals surface area (Å²) in [6, 6.07) is 1.87. The molecule has 112 valence electrons. The number of aryl methyl sites for hydroxylation is 1.